The lowest BCUT2D eigenvalue weighted by Gasteiger charge is -2.35. The normalized spacial score (nSPS) is 18.9. The lowest BCUT2D eigenvalue weighted by molar-refractivity contribution is 0.0337. The summed E-state index contributed by atoms with van der Waals surface area (Å²) in [5, 5.41) is 11.9. The first-order chi connectivity index (χ1) is 14.7. The van der Waals surface area contributed by atoms with Crippen LogP contribution in [0.1, 0.15) is 5.69 Å². The van der Waals surface area contributed by atoms with Crippen LogP contribution < -0.4 is 4.90 Å². The highest BCUT2D eigenvalue weighted by Gasteiger charge is 2.24. The third-order valence-electron chi connectivity index (χ3n) is 5.94. The van der Waals surface area contributed by atoms with Crippen LogP contribution in [-0.2, 0) is 11.3 Å². The van der Waals surface area contributed by atoms with Crippen molar-refractivity contribution in [2.45, 2.75) is 13.4 Å². The van der Waals surface area contributed by atoms with Crippen LogP contribution in [0.15, 0.2) is 24.5 Å². The summed E-state index contributed by atoms with van der Waals surface area (Å²) in [5.41, 5.74) is 3.31. The van der Waals surface area contributed by atoms with Crippen molar-refractivity contribution in [1.29, 1.82) is 0 Å². The fourth-order valence-electron chi connectivity index (χ4n) is 4.20. The fraction of sp³-hybridized carbons (Fsp3) is 0.500. The Bertz CT molecular complexity index is 994. The zero-order valence-corrected chi connectivity index (χ0v) is 18.1. The molecule has 0 aliphatic carbocycles. The fourth-order valence-corrected chi connectivity index (χ4v) is 5.18. The van der Waals surface area contributed by atoms with Crippen LogP contribution in [-0.4, -0.2) is 89.2 Å². The largest absolute Gasteiger partial charge is 0.437 e. The molecule has 2 fully saturated rings. The summed E-state index contributed by atoms with van der Waals surface area (Å²) in [6.07, 6.45) is 3.81. The average Bonchev–Trinajstić information content (AvgIpc) is 3.41. The number of aromatic nitrogens is 3. The number of nitrogens with zero attached hydrogens (tertiary/aromatic N) is 5. The van der Waals surface area contributed by atoms with Gasteiger partial charge in [-0.1, -0.05) is 11.3 Å². The number of nitrogens with one attached hydrogen (secondary N) is 1. The maximum Gasteiger partial charge on any atom is 0.376 e. The van der Waals surface area contributed by atoms with Crippen LogP contribution >= 0.6 is 11.3 Å². The highest BCUT2D eigenvalue weighted by atomic mass is 32.1. The summed E-state index contributed by atoms with van der Waals surface area (Å²) in [6, 6.07) is 4.27. The van der Waals surface area contributed by atoms with Crippen molar-refractivity contribution >= 4 is 34.4 Å². The summed E-state index contributed by atoms with van der Waals surface area (Å²) < 4.78 is 5.46. The van der Waals surface area contributed by atoms with Crippen molar-refractivity contribution in [2.24, 2.45) is 0 Å². The Kier molecular flexibility index (Phi) is 5.75. The molecule has 2 saturated heterocycles. The van der Waals surface area contributed by atoms with Gasteiger partial charge in [0, 0.05) is 74.8 Å². The van der Waals surface area contributed by atoms with Crippen LogP contribution in [0.3, 0.4) is 0 Å². The number of rotatable bonds is 5. The quantitative estimate of drug-likeness (QED) is 0.602. The Labute approximate surface area is 180 Å². The maximum absolute atomic E-state index is 9.77. The lowest BCUT2D eigenvalue weighted by Crippen LogP contribution is -2.51. The molecular weight excluding hydrogens is 399 g/mol. The highest BCUT2D eigenvalue weighted by molar-refractivity contribution is 7.19. The van der Waals surface area contributed by atoms with E-state index in [4.69, 9.17) is 4.74 Å². The van der Waals surface area contributed by atoms with Crippen LogP contribution in [0, 0.1) is 0 Å². The standard InChI is InChI=1S/C20H27BN6O2S/c1-21(28)27-6-4-26(5-7-27)20-23-13-18(30-20)19-16-12-15(24-17(16)2-3-22-19)14-25-8-10-29-11-9-25/h2-3,12-13,24,28H,4-11,14H2,1H3. The van der Waals surface area contributed by atoms with Gasteiger partial charge in [-0.15, -0.1) is 0 Å². The van der Waals surface area contributed by atoms with Gasteiger partial charge < -0.3 is 24.5 Å². The number of thiazole rings is 1. The Morgan fingerprint density at radius 3 is 2.73 bits per heavy atom. The van der Waals surface area contributed by atoms with Gasteiger partial charge in [0.25, 0.3) is 0 Å². The minimum atomic E-state index is -0.388. The SMILES string of the molecule is CB(O)N1CCN(c2ncc(-c3nccc4[nH]c(CN5CCOCC5)cc34)s2)CC1. The van der Waals surface area contributed by atoms with Crippen LogP contribution in [0.25, 0.3) is 21.5 Å². The summed E-state index contributed by atoms with van der Waals surface area (Å²) in [5.74, 6) is 0. The molecule has 10 heteroatoms. The molecule has 0 saturated carbocycles. The molecule has 3 aromatic rings. The number of morpholine rings is 1. The Morgan fingerprint density at radius 2 is 1.97 bits per heavy atom. The topological polar surface area (TPSA) is 80.8 Å². The second-order valence-corrected chi connectivity index (χ2v) is 8.97. The van der Waals surface area contributed by atoms with Gasteiger partial charge in [-0.05, 0) is 19.0 Å². The first-order valence-corrected chi connectivity index (χ1v) is 11.4. The van der Waals surface area contributed by atoms with Crippen LogP contribution in [0.2, 0.25) is 6.82 Å². The van der Waals surface area contributed by atoms with E-state index in [2.05, 4.69) is 35.6 Å². The minimum Gasteiger partial charge on any atom is -0.437 e. The van der Waals surface area contributed by atoms with Crippen molar-refractivity contribution in [2.75, 3.05) is 57.4 Å². The van der Waals surface area contributed by atoms with Gasteiger partial charge in [0.15, 0.2) is 5.13 Å². The van der Waals surface area contributed by atoms with Crippen molar-refractivity contribution in [3.8, 4) is 10.6 Å². The molecule has 0 bridgehead atoms. The molecule has 8 nitrogen and oxygen atoms in total. The van der Waals surface area contributed by atoms with Crippen molar-refractivity contribution in [3.05, 3.63) is 30.2 Å². The number of ether oxygens (including phenoxy) is 1. The summed E-state index contributed by atoms with van der Waals surface area (Å²) in [7, 11) is -0.388. The van der Waals surface area contributed by atoms with Gasteiger partial charge in [0.1, 0.15) is 0 Å². The molecule has 30 heavy (non-hydrogen) atoms. The van der Waals surface area contributed by atoms with E-state index in [1.807, 2.05) is 25.3 Å². The van der Waals surface area contributed by atoms with Gasteiger partial charge >= 0.3 is 7.05 Å². The molecule has 5 rings (SSSR count). The second-order valence-electron chi connectivity index (χ2n) is 7.97. The third-order valence-corrected chi connectivity index (χ3v) is 7.01. The Balaban J connectivity index is 1.35. The predicted octanol–water partition coefficient (Wildman–Crippen LogP) is 1.75. The monoisotopic (exact) mass is 426 g/mol. The van der Waals surface area contributed by atoms with E-state index in [-0.39, 0.29) is 7.05 Å². The summed E-state index contributed by atoms with van der Waals surface area (Å²) in [4.78, 5) is 20.8. The number of pyridine rings is 1. The van der Waals surface area contributed by atoms with Crippen molar-refractivity contribution in [1.82, 2.24) is 24.7 Å². The Hall–Kier alpha value is -1.98. The average molecular weight is 426 g/mol. The van der Waals surface area contributed by atoms with E-state index >= 15 is 0 Å². The number of hydrogen-bond donors (Lipinski definition) is 2. The molecular formula is C20H27BN6O2S. The van der Waals surface area contributed by atoms with Gasteiger partial charge in [-0.3, -0.25) is 9.88 Å². The van der Waals surface area contributed by atoms with E-state index in [9.17, 15) is 5.02 Å². The van der Waals surface area contributed by atoms with Gasteiger partial charge in [0.2, 0.25) is 0 Å². The van der Waals surface area contributed by atoms with E-state index in [0.717, 1.165) is 85.6 Å². The molecule has 158 valence electrons. The van der Waals surface area contributed by atoms with Crippen LogP contribution in [0.5, 0.6) is 0 Å². The van der Waals surface area contributed by atoms with Gasteiger partial charge in [-0.25, -0.2) is 4.98 Å². The third kappa shape index (κ3) is 4.10. The Morgan fingerprint density at radius 1 is 1.17 bits per heavy atom. The molecule has 0 radical (unpaired) electrons. The van der Waals surface area contributed by atoms with Crippen LogP contribution in [0.4, 0.5) is 5.13 Å². The zero-order valence-electron chi connectivity index (χ0n) is 17.3. The first-order valence-electron chi connectivity index (χ1n) is 10.6. The molecule has 0 aromatic carbocycles. The van der Waals surface area contributed by atoms with Crippen molar-refractivity contribution in [3.63, 3.8) is 0 Å². The number of H-pyrrole nitrogens is 1. The smallest absolute Gasteiger partial charge is 0.376 e. The number of fused-ring (bicyclic) bond motifs is 1. The second kappa shape index (κ2) is 8.64. The minimum absolute atomic E-state index is 0.388. The number of hydrogen-bond acceptors (Lipinski definition) is 8. The molecule has 0 amide bonds. The molecule has 0 spiro atoms. The number of anilines is 1. The maximum atomic E-state index is 9.77. The molecule has 2 N–H and O–H groups in total. The lowest BCUT2D eigenvalue weighted by atomic mass is 9.84. The highest BCUT2D eigenvalue weighted by Crippen LogP contribution is 2.34. The number of piperazine rings is 1. The van der Waals surface area contributed by atoms with Crippen molar-refractivity contribution < 1.29 is 9.76 Å². The van der Waals surface area contributed by atoms with E-state index in [0.29, 0.717) is 0 Å². The van der Waals surface area contributed by atoms with E-state index in [1.54, 1.807) is 11.3 Å². The first kappa shape index (κ1) is 20.0. The molecule has 3 aromatic heterocycles. The predicted molar refractivity (Wildman–Crippen MR) is 121 cm³/mol. The van der Waals surface area contributed by atoms with E-state index in [1.165, 1.54) is 5.69 Å². The molecule has 2 aliphatic heterocycles. The molecule has 0 unspecified atom stereocenters. The van der Waals surface area contributed by atoms with Gasteiger partial charge in [0.05, 0.1) is 23.8 Å². The summed E-state index contributed by atoms with van der Waals surface area (Å²) in [6.45, 7) is 9.75. The van der Waals surface area contributed by atoms with E-state index < -0.39 is 0 Å². The molecule has 2 aliphatic rings. The van der Waals surface area contributed by atoms with Gasteiger partial charge in [-0.2, -0.15) is 0 Å². The molecule has 0 atom stereocenters. The summed E-state index contributed by atoms with van der Waals surface area (Å²) >= 11 is 1.69. The number of aromatic amines is 1. The molecule has 5 heterocycles. The zero-order chi connectivity index (χ0) is 20.5.